The van der Waals surface area contributed by atoms with Gasteiger partial charge in [-0.15, -0.1) is 0 Å². The maximum atomic E-state index is 13.0. The van der Waals surface area contributed by atoms with Gasteiger partial charge < -0.3 is 10.6 Å². The average Bonchev–Trinajstić information content (AvgIpc) is 2.77. The molecule has 0 spiro atoms. The SMILES string of the molecule is Cn1nccc1CNC(=S)Nc1ccc(F)c(Cl)c1. The zero-order chi connectivity index (χ0) is 13.8. The summed E-state index contributed by atoms with van der Waals surface area (Å²) in [4.78, 5) is 0. The molecule has 2 N–H and O–H groups in total. The van der Waals surface area contributed by atoms with Crippen molar-refractivity contribution in [3.05, 3.63) is 47.0 Å². The van der Waals surface area contributed by atoms with Crippen molar-refractivity contribution in [2.75, 3.05) is 5.32 Å². The van der Waals surface area contributed by atoms with Crippen molar-refractivity contribution in [1.29, 1.82) is 0 Å². The first-order valence-electron chi connectivity index (χ1n) is 5.53. The molecule has 0 unspecified atom stereocenters. The van der Waals surface area contributed by atoms with Crippen LogP contribution in [0.25, 0.3) is 0 Å². The van der Waals surface area contributed by atoms with Gasteiger partial charge in [-0.25, -0.2) is 4.39 Å². The van der Waals surface area contributed by atoms with Crippen molar-refractivity contribution >= 4 is 34.6 Å². The summed E-state index contributed by atoms with van der Waals surface area (Å²) in [5, 5.41) is 10.5. The maximum Gasteiger partial charge on any atom is 0.171 e. The molecule has 2 aromatic rings. The lowest BCUT2D eigenvalue weighted by atomic mass is 10.3. The molecule has 1 aromatic heterocycles. The molecule has 0 aliphatic heterocycles. The minimum atomic E-state index is -0.457. The molecule has 19 heavy (non-hydrogen) atoms. The van der Waals surface area contributed by atoms with Crippen LogP contribution in [-0.4, -0.2) is 14.9 Å². The van der Waals surface area contributed by atoms with Crippen molar-refractivity contribution in [1.82, 2.24) is 15.1 Å². The summed E-state index contributed by atoms with van der Waals surface area (Å²) in [6.45, 7) is 0.553. The number of benzene rings is 1. The number of rotatable bonds is 3. The average molecular weight is 299 g/mol. The number of thiocarbonyl (C=S) groups is 1. The molecular formula is C12H12ClFN4S. The van der Waals surface area contributed by atoms with E-state index in [2.05, 4.69) is 15.7 Å². The minimum absolute atomic E-state index is 0.0550. The fraction of sp³-hybridized carbons (Fsp3) is 0.167. The van der Waals surface area contributed by atoms with Crippen LogP contribution in [0.1, 0.15) is 5.69 Å². The van der Waals surface area contributed by atoms with Crippen LogP contribution in [0.3, 0.4) is 0 Å². The first-order chi connectivity index (χ1) is 9.06. The summed E-state index contributed by atoms with van der Waals surface area (Å²) in [6, 6.07) is 6.23. The second-order valence-electron chi connectivity index (χ2n) is 3.88. The molecule has 100 valence electrons. The van der Waals surface area contributed by atoms with Gasteiger partial charge in [0.25, 0.3) is 0 Å². The summed E-state index contributed by atoms with van der Waals surface area (Å²) in [7, 11) is 1.85. The molecule has 0 radical (unpaired) electrons. The lowest BCUT2D eigenvalue weighted by Crippen LogP contribution is -2.28. The van der Waals surface area contributed by atoms with Gasteiger partial charge in [0.2, 0.25) is 0 Å². The van der Waals surface area contributed by atoms with Gasteiger partial charge in [0, 0.05) is 18.9 Å². The van der Waals surface area contributed by atoms with E-state index in [1.165, 1.54) is 12.1 Å². The third-order valence-electron chi connectivity index (χ3n) is 2.53. The van der Waals surface area contributed by atoms with E-state index < -0.39 is 5.82 Å². The second-order valence-corrected chi connectivity index (χ2v) is 4.70. The van der Waals surface area contributed by atoms with Crippen LogP contribution >= 0.6 is 23.8 Å². The number of aromatic nitrogens is 2. The molecule has 0 saturated carbocycles. The molecule has 0 saturated heterocycles. The Balaban J connectivity index is 1.91. The third-order valence-corrected chi connectivity index (χ3v) is 3.07. The monoisotopic (exact) mass is 298 g/mol. The van der Waals surface area contributed by atoms with Gasteiger partial charge in [0.1, 0.15) is 5.82 Å². The van der Waals surface area contributed by atoms with Crippen molar-refractivity contribution < 1.29 is 4.39 Å². The fourth-order valence-electron chi connectivity index (χ4n) is 1.49. The normalized spacial score (nSPS) is 10.3. The first-order valence-corrected chi connectivity index (χ1v) is 6.31. The Morgan fingerprint density at radius 3 is 2.89 bits per heavy atom. The highest BCUT2D eigenvalue weighted by Crippen LogP contribution is 2.19. The van der Waals surface area contributed by atoms with E-state index in [4.69, 9.17) is 23.8 Å². The molecule has 1 aromatic carbocycles. The van der Waals surface area contributed by atoms with Crippen LogP contribution in [0.4, 0.5) is 10.1 Å². The van der Waals surface area contributed by atoms with E-state index in [1.54, 1.807) is 16.9 Å². The second kappa shape index (κ2) is 5.99. The van der Waals surface area contributed by atoms with Crippen molar-refractivity contribution in [2.24, 2.45) is 7.05 Å². The number of aryl methyl sites for hydroxylation is 1. The van der Waals surface area contributed by atoms with Gasteiger partial charge in [0.05, 0.1) is 17.3 Å². The van der Waals surface area contributed by atoms with Crippen LogP contribution in [0.15, 0.2) is 30.5 Å². The first kappa shape index (κ1) is 13.8. The molecular weight excluding hydrogens is 287 g/mol. The predicted octanol–water partition coefficient (Wildman–Crippen LogP) is 2.70. The molecule has 0 bridgehead atoms. The molecule has 1 heterocycles. The third kappa shape index (κ3) is 3.65. The number of nitrogens with zero attached hydrogens (tertiary/aromatic N) is 2. The lowest BCUT2D eigenvalue weighted by Gasteiger charge is -2.11. The van der Waals surface area contributed by atoms with Gasteiger partial charge in [0.15, 0.2) is 5.11 Å². The molecule has 0 aliphatic carbocycles. The Morgan fingerprint density at radius 1 is 1.47 bits per heavy atom. The van der Waals surface area contributed by atoms with Gasteiger partial charge in [-0.1, -0.05) is 11.6 Å². The largest absolute Gasteiger partial charge is 0.357 e. The Morgan fingerprint density at radius 2 is 2.26 bits per heavy atom. The van der Waals surface area contributed by atoms with Crippen LogP contribution in [0.2, 0.25) is 5.02 Å². The van der Waals surface area contributed by atoms with E-state index in [1.807, 2.05) is 13.1 Å². The number of halogens is 2. The van der Waals surface area contributed by atoms with Crippen LogP contribution < -0.4 is 10.6 Å². The van der Waals surface area contributed by atoms with E-state index >= 15 is 0 Å². The number of hydrogen-bond acceptors (Lipinski definition) is 2. The highest BCUT2D eigenvalue weighted by atomic mass is 35.5. The summed E-state index contributed by atoms with van der Waals surface area (Å²) in [5.41, 5.74) is 1.63. The standard InChI is InChI=1S/C12H12ClFN4S/c1-18-9(4-5-16-18)7-15-12(19)17-8-2-3-11(14)10(13)6-8/h2-6H,7H2,1H3,(H2,15,17,19). The predicted molar refractivity (Wildman–Crippen MR) is 77.7 cm³/mol. The fourth-order valence-corrected chi connectivity index (χ4v) is 1.87. The Labute approximate surface area is 120 Å². The van der Waals surface area contributed by atoms with Gasteiger partial charge >= 0.3 is 0 Å². The lowest BCUT2D eigenvalue weighted by molar-refractivity contribution is 0.628. The van der Waals surface area contributed by atoms with E-state index in [9.17, 15) is 4.39 Å². The van der Waals surface area contributed by atoms with Crippen molar-refractivity contribution in [3.63, 3.8) is 0 Å². The summed E-state index contributed by atoms with van der Waals surface area (Å²) < 4.78 is 14.8. The molecule has 7 heteroatoms. The molecule has 0 aliphatic rings. The van der Waals surface area contributed by atoms with Crippen LogP contribution in [0.5, 0.6) is 0 Å². The zero-order valence-electron chi connectivity index (χ0n) is 10.2. The smallest absolute Gasteiger partial charge is 0.171 e. The topological polar surface area (TPSA) is 41.9 Å². The number of hydrogen-bond donors (Lipinski definition) is 2. The van der Waals surface area contributed by atoms with Crippen molar-refractivity contribution in [2.45, 2.75) is 6.54 Å². The molecule has 0 atom stereocenters. The minimum Gasteiger partial charge on any atom is -0.357 e. The molecule has 4 nitrogen and oxygen atoms in total. The molecule has 2 rings (SSSR count). The van der Waals surface area contributed by atoms with E-state index in [-0.39, 0.29) is 5.02 Å². The molecule has 0 fully saturated rings. The highest BCUT2D eigenvalue weighted by molar-refractivity contribution is 7.80. The van der Waals surface area contributed by atoms with Gasteiger partial charge in [-0.2, -0.15) is 5.10 Å². The highest BCUT2D eigenvalue weighted by Gasteiger charge is 2.03. The summed E-state index contributed by atoms with van der Waals surface area (Å²) >= 11 is 10.8. The number of nitrogens with one attached hydrogen (secondary N) is 2. The summed E-state index contributed by atoms with van der Waals surface area (Å²) in [5.74, 6) is -0.457. The van der Waals surface area contributed by atoms with Gasteiger partial charge in [-0.05, 0) is 36.5 Å². The number of anilines is 1. The Bertz CT molecular complexity index is 599. The zero-order valence-corrected chi connectivity index (χ0v) is 11.7. The maximum absolute atomic E-state index is 13.0. The molecule has 0 amide bonds. The Hall–Kier alpha value is -1.66. The van der Waals surface area contributed by atoms with Crippen LogP contribution in [0, 0.1) is 5.82 Å². The van der Waals surface area contributed by atoms with Crippen LogP contribution in [-0.2, 0) is 13.6 Å². The Kier molecular flexibility index (Phi) is 4.34. The summed E-state index contributed by atoms with van der Waals surface area (Å²) in [6.07, 6.45) is 1.72. The van der Waals surface area contributed by atoms with Gasteiger partial charge in [-0.3, -0.25) is 4.68 Å². The van der Waals surface area contributed by atoms with E-state index in [0.717, 1.165) is 5.69 Å². The quantitative estimate of drug-likeness (QED) is 0.855. The van der Waals surface area contributed by atoms with E-state index in [0.29, 0.717) is 17.3 Å². The van der Waals surface area contributed by atoms with Crippen molar-refractivity contribution in [3.8, 4) is 0 Å².